The van der Waals surface area contributed by atoms with E-state index >= 15 is 0 Å². The van der Waals surface area contributed by atoms with Crippen LogP contribution < -0.4 is 103 Å². The minimum atomic E-state index is -4.97. The third kappa shape index (κ3) is 37.9. The summed E-state index contributed by atoms with van der Waals surface area (Å²) in [5, 5.41) is 0. The maximum Gasteiger partial charge on any atom is 1.00 e. The Kier molecular flexibility index (Phi) is 39.0. The van der Waals surface area contributed by atoms with Crippen LogP contribution in [-0.4, -0.2) is 55.5 Å². The summed E-state index contributed by atoms with van der Waals surface area (Å²) in [4.78, 5) is 31.6. The van der Waals surface area contributed by atoms with E-state index in [0.717, 1.165) is 77.0 Å². The van der Waals surface area contributed by atoms with Crippen LogP contribution in [-0.2, 0) is 29.4 Å². The van der Waals surface area contributed by atoms with Crippen LogP contribution in [0, 0.1) is 0 Å². The minimum absolute atomic E-state index is 0. The molecule has 0 aromatic rings. The third-order valence-electron chi connectivity index (χ3n) is 7.90. The second kappa shape index (κ2) is 33.2. The molecule has 0 aromatic heterocycles. The summed E-state index contributed by atoms with van der Waals surface area (Å²) in [5.41, 5.74) is 5.42. The molecule has 0 aliphatic carbocycles. The van der Waals surface area contributed by atoms with Gasteiger partial charge in [-0.2, -0.15) is 0 Å². The molecule has 0 bridgehead atoms. The van der Waals surface area contributed by atoms with Crippen molar-refractivity contribution in [1.29, 1.82) is 0 Å². The van der Waals surface area contributed by atoms with Gasteiger partial charge in [-0.3, -0.25) is 9.13 Å². The molecule has 0 amide bonds. The Bertz CT molecular complexity index is 1290. The zero-order valence-corrected chi connectivity index (χ0v) is 42.6. The molecule has 2 atom stereocenters. The first-order valence-corrected chi connectivity index (χ1v) is 23.8. The summed E-state index contributed by atoms with van der Waals surface area (Å²) in [5.74, 6) is 0. The summed E-state index contributed by atoms with van der Waals surface area (Å²) in [7, 11) is -19.7. The van der Waals surface area contributed by atoms with E-state index in [2.05, 4.69) is 65.8 Å². The van der Waals surface area contributed by atoms with E-state index in [0.29, 0.717) is 25.7 Å². The molecule has 296 valence electrons. The third-order valence-corrected chi connectivity index (χ3v) is 14.9. The van der Waals surface area contributed by atoms with Gasteiger partial charge in [0.15, 0.2) is 9.98 Å². The average molecular weight is 869 g/mol. The van der Waals surface area contributed by atoms with Crippen molar-refractivity contribution >= 4 is 35.4 Å². The van der Waals surface area contributed by atoms with E-state index in [4.69, 9.17) is 19.6 Å². The predicted octanol–water partition coefficient (Wildman–Crippen LogP) is 2.93. The topological polar surface area (TPSA) is 229 Å². The normalized spacial score (nSPS) is 13.8. The smallest absolute Gasteiger partial charge is 0.747 e. The van der Waals surface area contributed by atoms with Crippen molar-refractivity contribution in [1.82, 2.24) is 0 Å². The maximum atomic E-state index is 11.1. The molecule has 0 rings (SSSR count). The molecule has 0 heterocycles. The van der Waals surface area contributed by atoms with Crippen molar-refractivity contribution in [3.63, 3.8) is 0 Å². The summed E-state index contributed by atoms with van der Waals surface area (Å²) >= 11 is 0. The summed E-state index contributed by atoms with van der Waals surface area (Å²) in [6, 6.07) is 0. The van der Waals surface area contributed by atoms with Crippen molar-refractivity contribution in [2.45, 2.75) is 167 Å². The van der Waals surface area contributed by atoms with Crippen molar-refractivity contribution < 1.29 is 157 Å². The Labute approximate surface area is 400 Å². The van der Waals surface area contributed by atoms with Gasteiger partial charge in [-0.05, 0) is 106 Å². The monoisotopic (exact) mass is 868 g/mol. The molecule has 4 N–H and O–H groups in total. The molecular formula is C34H64K2O12P2S2. The molecule has 0 aliphatic rings. The van der Waals surface area contributed by atoms with Gasteiger partial charge in [0.2, 0.25) is 0 Å². The zero-order valence-electron chi connectivity index (χ0n) is 33.0. The largest absolute Gasteiger partial charge is 1.00 e. The zero-order chi connectivity index (χ0) is 39.0. The van der Waals surface area contributed by atoms with Crippen molar-refractivity contribution in [3.8, 4) is 0 Å². The van der Waals surface area contributed by atoms with Gasteiger partial charge in [-0.15, -0.1) is 0 Å². The maximum absolute atomic E-state index is 11.1. The van der Waals surface area contributed by atoms with E-state index < -0.39 is 45.4 Å². The Morgan fingerprint density at radius 2 is 0.769 bits per heavy atom. The molecule has 18 heteroatoms. The van der Waals surface area contributed by atoms with Crippen molar-refractivity contribution in [2.75, 3.05) is 0 Å². The van der Waals surface area contributed by atoms with Crippen LogP contribution in [0.5, 0.6) is 0 Å². The van der Waals surface area contributed by atoms with Crippen LogP contribution in [0.4, 0.5) is 0 Å². The molecule has 0 radical (unpaired) electrons. The van der Waals surface area contributed by atoms with Gasteiger partial charge in [0.05, 0.1) is 0 Å². The molecule has 0 aliphatic heterocycles. The minimum Gasteiger partial charge on any atom is -0.747 e. The molecular weight excluding hydrogens is 805 g/mol. The van der Waals surface area contributed by atoms with Crippen LogP contribution in [0.1, 0.15) is 157 Å². The van der Waals surface area contributed by atoms with Crippen LogP contribution in [0.3, 0.4) is 0 Å². The molecule has 0 spiro atoms. The van der Waals surface area contributed by atoms with Gasteiger partial charge in [-0.25, -0.2) is 16.8 Å². The van der Waals surface area contributed by atoms with E-state index in [1.54, 1.807) is 0 Å². The number of unbranched alkanes of at least 4 members (excludes halogenated alkanes) is 10. The van der Waals surface area contributed by atoms with Gasteiger partial charge in [-0.1, -0.05) is 98.0 Å². The molecule has 0 saturated carbocycles. The second-order valence-electron chi connectivity index (χ2n) is 13.5. The van der Waals surface area contributed by atoms with Gasteiger partial charge in [0.25, 0.3) is 0 Å². The first-order chi connectivity index (χ1) is 22.9. The van der Waals surface area contributed by atoms with Crippen LogP contribution in [0.15, 0.2) is 46.6 Å². The van der Waals surface area contributed by atoms with E-state index in [1.807, 2.05) is 0 Å². The molecule has 0 saturated heterocycles. The Morgan fingerprint density at radius 3 is 1.02 bits per heavy atom. The molecule has 0 aromatic carbocycles. The van der Waals surface area contributed by atoms with Crippen LogP contribution in [0.2, 0.25) is 0 Å². The summed E-state index contributed by atoms with van der Waals surface area (Å²) < 4.78 is 87.5. The van der Waals surface area contributed by atoms with E-state index in [-0.39, 0.29) is 116 Å². The van der Waals surface area contributed by atoms with Crippen molar-refractivity contribution in [3.05, 3.63) is 46.6 Å². The Morgan fingerprint density at radius 1 is 0.500 bits per heavy atom. The fraction of sp³-hybridized carbons (Fsp3) is 0.765. The van der Waals surface area contributed by atoms with Gasteiger partial charge < -0.3 is 28.7 Å². The molecule has 2 unspecified atom stereocenters. The predicted molar refractivity (Wildman–Crippen MR) is 201 cm³/mol. The fourth-order valence-corrected chi connectivity index (χ4v) is 9.67. The quantitative estimate of drug-likeness (QED) is 0.0324. The molecule has 12 nitrogen and oxygen atoms in total. The van der Waals surface area contributed by atoms with Gasteiger partial charge >= 0.3 is 118 Å². The van der Waals surface area contributed by atoms with Crippen LogP contribution in [0.25, 0.3) is 0 Å². The number of rotatable bonds is 26. The summed E-state index contributed by atoms with van der Waals surface area (Å²) in [6.45, 7) is 12.6. The van der Waals surface area contributed by atoms with E-state index in [9.17, 15) is 35.1 Å². The van der Waals surface area contributed by atoms with Gasteiger partial charge in [0, 0.05) is 0 Å². The molecule has 0 fully saturated rings. The number of allylic oxidation sites excluding steroid dienone is 8. The second-order valence-corrected chi connectivity index (χ2v) is 20.9. The van der Waals surface area contributed by atoms with E-state index in [1.165, 1.54) is 22.3 Å². The summed E-state index contributed by atoms with van der Waals surface area (Å²) in [6.07, 6.45) is 22.4. The average Bonchev–Trinajstić information content (AvgIpc) is 2.92. The fourth-order valence-electron chi connectivity index (χ4n) is 5.03. The SMILES string of the molecule is CC(C)=CCC/C(C)=C/CCCCCCCC(P(=O)(O)O)S(=O)(=O)[O-].CC(C)=CCC/C(C)=C/CCCCCCCC(P(=O)(O)O)S(=O)(=O)[O-].[K+].[K+]. The van der Waals surface area contributed by atoms with Gasteiger partial charge in [0.1, 0.15) is 20.2 Å². The Hall–Kier alpha value is 2.35. The van der Waals surface area contributed by atoms with Crippen molar-refractivity contribution in [2.24, 2.45) is 0 Å². The number of hydrogen-bond acceptors (Lipinski definition) is 8. The Balaban J connectivity index is -0.000000427. The standard InChI is InChI=1S/2C17H33O6PS.2K/c2*1-15(2)11-10-13-16(3)12-8-6-4-5-7-9-14-17(24(18,19)20)25(21,22)23;;/h2*11-12,17H,4-10,13-14H2,1-3H3,(H2,18,19,20)(H,21,22,23);;/q;;2*+1/p-2/b2*16-12+;;. The van der Waals surface area contributed by atoms with Crippen LogP contribution >= 0.6 is 15.2 Å². The first-order valence-electron chi connectivity index (χ1n) is 17.5. The molecule has 52 heavy (non-hydrogen) atoms. The first kappa shape index (κ1) is 61.0. The number of hydrogen-bond donors (Lipinski definition) is 4.